The molecule has 0 saturated carbocycles. The van der Waals surface area contributed by atoms with Gasteiger partial charge in [0.15, 0.2) is 0 Å². The van der Waals surface area contributed by atoms with Crippen LogP contribution in [-0.2, 0) is 6.42 Å². The third kappa shape index (κ3) is 3.12. The summed E-state index contributed by atoms with van der Waals surface area (Å²) in [6, 6.07) is 16.5. The van der Waals surface area contributed by atoms with E-state index in [0.29, 0.717) is 0 Å². The molecule has 0 spiro atoms. The van der Waals surface area contributed by atoms with Crippen LogP contribution in [0.1, 0.15) is 11.1 Å². The number of aromatic amines is 1. The molecule has 2 aromatic heterocycles. The second-order valence-corrected chi connectivity index (χ2v) is 7.41. The van der Waals surface area contributed by atoms with E-state index in [1.165, 1.54) is 16.6 Å². The molecule has 4 aromatic rings. The summed E-state index contributed by atoms with van der Waals surface area (Å²) in [5.74, 6) is 0. The highest BCUT2D eigenvalue weighted by Gasteiger charge is 2.18. The van der Waals surface area contributed by atoms with Gasteiger partial charge in [-0.3, -0.25) is 4.90 Å². The van der Waals surface area contributed by atoms with Gasteiger partial charge in [0.2, 0.25) is 0 Å². The van der Waals surface area contributed by atoms with Crippen LogP contribution in [-0.4, -0.2) is 42.6 Å². The molecule has 0 unspecified atom stereocenters. The van der Waals surface area contributed by atoms with Crippen molar-refractivity contribution in [2.45, 2.75) is 6.42 Å². The fourth-order valence-electron chi connectivity index (χ4n) is 4.11. The molecule has 0 radical (unpaired) electrons. The van der Waals surface area contributed by atoms with E-state index in [1.54, 1.807) is 6.26 Å². The second-order valence-electron chi connectivity index (χ2n) is 7.41. The average Bonchev–Trinajstić information content (AvgIpc) is 3.38. The van der Waals surface area contributed by atoms with Crippen molar-refractivity contribution in [3.63, 3.8) is 0 Å². The first kappa shape index (κ1) is 16.9. The Hall–Kier alpha value is -3.23. The zero-order valence-corrected chi connectivity index (χ0v) is 15.7. The molecule has 2 aromatic carbocycles. The summed E-state index contributed by atoms with van der Waals surface area (Å²) in [7, 11) is 0. The van der Waals surface area contributed by atoms with Gasteiger partial charge in [-0.1, -0.05) is 0 Å². The zero-order valence-electron chi connectivity index (χ0n) is 15.7. The number of aromatic nitrogens is 1. The number of nitrogens with zero attached hydrogens (tertiary/aromatic N) is 3. The third-order valence-electron chi connectivity index (χ3n) is 5.77. The summed E-state index contributed by atoms with van der Waals surface area (Å²) in [6.07, 6.45) is 4.83. The molecule has 1 N–H and O–H groups in total. The molecule has 1 aliphatic heterocycles. The molecule has 0 amide bonds. The topological polar surface area (TPSA) is 59.2 Å². The van der Waals surface area contributed by atoms with Crippen molar-refractivity contribution >= 4 is 27.6 Å². The summed E-state index contributed by atoms with van der Waals surface area (Å²) in [5, 5.41) is 11.5. The number of hydrogen-bond acceptors (Lipinski definition) is 4. The Morgan fingerprint density at radius 2 is 1.93 bits per heavy atom. The van der Waals surface area contributed by atoms with Gasteiger partial charge in [-0.25, -0.2) is 0 Å². The van der Waals surface area contributed by atoms with E-state index in [9.17, 15) is 0 Å². The first-order valence-corrected chi connectivity index (χ1v) is 9.75. The number of H-pyrrole nitrogens is 1. The van der Waals surface area contributed by atoms with Crippen molar-refractivity contribution in [3.8, 4) is 6.07 Å². The lowest BCUT2D eigenvalue weighted by molar-refractivity contribution is 0.261. The SMILES string of the molecule is N#Cc1ccc2[nH]cc(CCN3CCN(c4ccc5occc5c4)CC3)c2c1. The van der Waals surface area contributed by atoms with Crippen molar-refractivity contribution in [3.05, 3.63) is 66.1 Å². The van der Waals surface area contributed by atoms with Gasteiger partial charge in [-0.15, -0.1) is 0 Å². The molecule has 5 rings (SSSR count). The van der Waals surface area contributed by atoms with Gasteiger partial charge in [0.05, 0.1) is 17.9 Å². The van der Waals surface area contributed by atoms with E-state index in [4.69, 9.17) is 9.68 Å². The van der Waals surface area contributed by atoms with Crippen molar-refractivity contribution in [1.82, 2.24) is 9.88 Å². The highest BCUT2D eigenvalue weighted by atomic mass is 16.3. The van der Waals surface area contributed by atoms with Crippen molar-refractivity contribution in [1.29, 1.82) is 5.26 Å². The molecular weight excluding hydrogens is 348 g/mol. The van der Waals surface area contributed by atoms with Gasteiger partial charge in [0.25, 0.3) is 0 Å². The Morgan fingerprint density at radius 3 is 2.79 bits per heavy atom. The van der Waals surface area contributed by atoms with Crippen LogP contribution in [0.3, 0.4) is 0 Å². The lowest BCUT2D eigenvalue weighted by Gasteiger charge is -2.36. The van der Waals surface area contributed by atoms with Gasteiger partial charge < -0.3 is 14.3 Å². The predicted octanol–water partition coefficient (Wildman–Crippen LogP) is 4.15. The Bertz CT molecular complexity index is 1160. The summed E-state index contributed by atoms with van der Waals surface area (Å²) in [5.41, 5.74) is 5.33. The summed E-state index contributed by atoms with van der Waals surface area (Å²) >= 11 is 0. The lowest BCUT2D eigenvalue weighted by Crippen LogP contribution is -2.46. The first-order chi connectivity index (χ1) is 13.8. The number of nitriles is 1. The van der Waals surface area contributed by atoms with Crippen LogP contribution in [0.15, 0.2) is 59.3 Å². The monoisotopic (exact) mass is 370 g/mol. The van der Waals surface area contributed by atoms with Crippen molar-refractivity contribution < 1.29 is 4.42 Å². The Balaban J connectivity index is 1.21. The molecule has 0 aliphatic carbocycles. The maximum Gasteiger partial charge on any atom is 0.133 e. The van der Waals surface area contributed by atoms with Crippen molar-refractivity contribution in [2.24, 2.45) is 0 Å². The van der Waals surface area contributed by atoms with Gasteiger partial charge in [0, 0.05) is 60.9 Å². The van der Waals surface area contributed by atoms with Crippen LogP contribution in [0.4, 0.5) is 5.69 Å². The largest absolute Gasteiger partial charge is 0.464 e. The van der Waals surface area contributed by atoms with E-state index >= 15 is 0 Å². The molecule has 28 heavy (non-hydrogen) atoms. The Morgan fingerprint density at radius 1 is 1.04 bits per heavy atom. The minimum absolute atomic E-state index is 0.719. The van der Waals surface area contributed by atoms with Crippen LogP contribution < -0.4 is 4.90 Å². The molecule has 0 atom stereocenters. The molecule has 5 heteroatoms. The second kappa shape index (κ2) is 7.06. The van der Waals surface area contributed by atoms with Crippen LogP contribution in [0.25, 0.3) is 21.9 Å². The van der Waals surface area contributed by atoms with Crippen LogP contribution in [0.5, 0.6) is 0 Å². The number of benzene rings is 2. The highest BCUT2D eigenvalue weighted by molar-refractivity contribution is 5.84. The van der Waals surface area contributed by atoms with E-state index in [1.807, 2.05) is 24.3 Å². The Kier molecular flexibility index (Phi) is 4.27. The van der Waals surface area contributed by atoms with Crippen molar-refractivity contribution in [2.75, 3.05) is 37.6 Å². The fourth-order valence-corrected chi connectivity index (χ4v) is 4.11. The van der Waals surface area contributed by atoms with E-state index in [2.05, 4.69) is 45.2 Å². The number of hydrogen-bond donors (Lipinski definition) is 1. The Labute approximate surface area is 163 Å². The van der Waals surface area contributed by atoms with Crippen LogP contribution in [0.2, 0.25) is 0 Å². The lowest BCUT2D eigenvalue weighted by atomic mass is 10.1. The molecule has 3 heterocycles. The number of fused-ring (bicyclic) bond motifs is 2. The van der Waals surface area contributed by atoms with Gasteiger partial charge in [-0.05, 0) is 54.4 Å². The maximum absolute atomic E-state index is 9.15. The number of piperazine rings is 1. The highest BCUT2D eigenvalue weighted by Crippen LogP contribution is 2.24. The molecule has 5 nitrogen and oxygen atoms in total. The predicted molar refractivity (Wildman–Crippen MR) is 112 cm³/mol. The summed E-state index contributed by atoms with van der Waals surface area (Å²) in [6.45, 7) is 5.24. The quantitative estimate of drug-likeness (QED) is 0.586. The van der Waals surface area contributed by atoms with Gasteiger partial charge >= 0.3 is 0 Å². The minimum Gasteiger partial charge on any atom is -0.464 e. The van der Waals surface area contributed by atoms with E-state index in [0.717, 1.165) is 61.2 Å². The molecule has 1 fully saturated rings. The third-order valence-corrected chi connectivity index (χ3v) is 5.77. The van der Waals surface area contributed by atoms with E-state index in [-0.39, 0.29) is 0 Å². The summed E-state index contributed by atoms with van der Waals surface area (Å²) < 4.78 is 5.44. The average molecular weight is 370 g/mol. The van der Waals surface area contributed by atoms with Gasteiger partial charge in [0.1, 0.15) is 5.58 Å². The van der Waals surface area contributed by atoms with Crippen LogP contribution >= 0.6 is 0 Å². The summed E-state index contributed by atoms with van der Waals surface area (Å²) in [4.78, 5) is 8.30. The van der Waals surface area contributed by atoms with Crippen LogP contribution in [0, 0.1) is 11.3 Å². The maximum atomic E-state index is 9.15. The molecular formula is C23H22N4O. The standard InChI is InChI=1S/C23H22N4O/c24-15-17-1-3-22-21(13-17)19(16-25-22)5-7-26-8-10-27(11-9-26)20-2-4-23-18(14-20)6-12-28-23/h1-4,6,12-14,16,25H,5,7-11H2. The number of furan rings is 1. The first-order valence-electron chi connectivity index (χ1n) is 9.75. The zero-order chi connectivity index (χ0) is 18.9. The molecule has 0 bridgehead atoms. The normalized spacial score (nSPS) is 15.3. The number of nitrogens with one attached hydrogen (secondary N) is 1. The van der Waals surface area contributed by atoms with Gasteiger partial charge in [-0.2, -0.15) is 5.26 Å². The number of rotatable bonds is 4. The molecule has 1 aliphatic rings. The smallest absolute Gasteiger partial charge is 0.133 e. The molecule has 1 saturated heterocycles. The number of anilines is 1. The van der Waals surface area contributed by atoms with E-state index < -0.39 is 0 Å². The fraction of sp³-hybridized carbons (Fsp3) is 0.261. The minimum atomic E-state index is 0.719. The molecule has 140 valence electrons.